The van der Waals surface area contributed by atoms with Crippen LogP contribution in [0.5, 0.6) is 11.5 Å². The highest BCUT2D eigenvalue weighted by atomic mass is 32.2. The zero-order valence-corrected chi connectivity index (χ0v) is 14.0. The highest BCUT2D eigenvalue weighted by Crippen LogP contribution is 2.41. The number of rotatable bonds is 5. The van der Waals surface area contributed by atoms with E-state index < -0.39 is 0 Å². The van der Waals surface area contributed by atoms with E-state index in [2.05, 4.69) is 54.6 Å². The van der Waals surface area contributed by atoms with E-state index in [1.54, 1.807) is 14.2 Å². The van der Waals surface area contributed by atoms with E-state index >= 15 is 0 Å². The minimum absolute atomic E-state index is 0.243. The molecule has 0 atom stereocenters. The monoisotopic (exact) mass is 323 g/mol. The fourth-order valence-corrected chi connectivity index (χ4v) is 4.74. The lowest BCUT2D eigenvalue weighted by Gasteiger charge is -2.13. The van der Waals surface area contributed by atoms with Gasteiger partial charge in [-0.3, -0.25) is 0 Å². The first-order valence-corrected chi connectivity index (χ1v) is 8.63. The first-order chi connectivity index (χ1) is 11.3. The van der Waals surface area contributed by atoms with Gasteiger partial charge in [0.15, 0.2) is 15.5 Å². The molecule has 0 saturated carbocycles. The predicted molar refractivity (Wildman–Crippen MR) is 94.6 cm³/mol. The van der Waals surface area contributed by atoms with Crippen LogP contribution in [-0.2, 0) is 10.9 Å². The summed E-state index contributed by atoms with van der Waals surface area (Å²) in [6.07, 6.45) is 0. The van der Waals surface area contributed by atoms with Crippen molar-refractivity contribution in [3.05, 3.63) is 78.9 Å². The second kappa shape index (κ2) is 7.25. The molecule has 0 N–H and O–H groups in total. The van der Waals surface area contributed by atoms with Crippen LogP contribution >= 0.6 is 0 Å². The molecule has 2 nitrogen and oxygen atoms in total. The summed E-state index contributed by atoms with van der Waals surface area (Å²) in [6.45, 7) is 0. The number of benzene rings is 3. The van der Waals surface area contributed by atoms with Crippen LogP contribution in [-0.4, -0.2) is 14.2 Å². The van der Waals surface area contributed by atoms with Crippen molar-refractivity contribution in [1.82, 2.24) is 0 Å². The minimum Gasteiger partial charge on any atom is -0.493 e. The Morgan fingerprint density at radius 3 is 1.65 bits per heavy atom. The molecule has 0 spiro atoms. The Balaban J connectivity index is 2.21. The molecule has 0 amide bonds. The fraction of sp³-hybridized carbons (Fsp3) is 0.100. The lowest BCUT2D eigenvalue weighted by atomic mass is 10.3. The number of hydrogen-bond acceptors (Lipinski definition) is 2. The van der Waals surface area contributed by atoms with Crippen LogP contribution in [0.15, 0.2) is 93.5 Å². The molecule has 3 rings (SSSR count). The fourth-order valence-electron chi connectivity index (χ4n) is 2.52. The summed E-state index contributed by atoms with van der Waals surface area (Å²) >= 11 is 0. The van der Waals surface area contributed by atoms with Gasteiger partial charge in [0.1, 0.15) is 10.9 Å². The maximum atomic E-state index is 5.67. The largest absolute Gasteiger partial charge is 0.493 e. The van der Waals surface area contributed by atoms with Crippen LogP contribution in [0.25, 0.3) is 0 Å². The molecular weight excluding hydrogens is 304 g/mol. The average molecular weight is 323 g/mol. The molecule has 23 heavy (non-hydrogen) atoms. The molecule has 0 unspecified atom stereocenters. The first-order valence-electron chi connectivity index (χ1n) is 7.40. The Labute approximate surface area is 140 Å². The second-order valence-corrected chi connectivity index (χ2v) is 6.92. The molecule has 0 aliphatic carbocycles. The van der Waals surface area contributed by atoms with Crippen LogP contribution in [0.3, 0.4) is 0 Å². The van der Waals surface area contributed by atoms with Gasteiger partial charge in [0.2, 0.25) is 10.6 Å². The van der Waals surface area contributed by atoms with Crippen molar-refractivity contribution in [1.29, 1.82) is 0 Å². The van der Waals surface area contributed by atoms with Gasteiger partial charge in [0.05, 0.1) is 14.2 Å². The van der Waals surface area contributed by atoms with Crippen molar-refractivity contribution < 1.29 is 9.47 Å². The highest BCUT2D eigenvalue weighted by molar-refractivity contribution is 7.97. The summed E-state index contributed by atoms with van der Waals surface area (Å²) in [5.74, 6) is 1.56. The summed E-state index contributed by atoms with van der Waals surface area (Å²) in [5, 5.41) is 0. The molecule has 0 saturated heterocycles. The van der Waals surface area contributed by atoms with Crippen LogP contribution < -0.4 is 9.47 Å². The maximum Gasteiger partial charge on any atom is 0.217 e. The lowest BCUT2D eigenvalue weighted by molar-refractivity contribution is 0.348. The number of hydrogen-bond donors (Lipinski definition) is 0. The first kappa shape index (κ1) is 15.5. The SMILES string of the molecule is COc1cccc([S+](c2ccccc2)c2ccccc2)c1OC. The number of methoxy groups -OCH3 is 2. The van der Waals surface area contributed by atoms with E-state index in [-0.39, 0.29) is 10.9 Å². The summed E-state index contributed by atoms with van der Waals surface area (Å²) in [5.41, 5.74) is 0. The molecule has 116 valence electrons. The number of para-hydroxylation sites is 1. The zero-order valence-electron chi connectivity index (χ0n) is 13.2. The molecule has 0 aliphatic heterocycles. The second-order valence-electron chi connectivity index (χ2n) is 4.92. The van der Waals surface area contributed by atoms with Crippen molar-refractivity contribution in [2.75, 3.05) is 14.2 Å². The molecule has 0 aromatic heterocycles. The van der Waals surface area contributed by atoms with Crippen molar-refractivity contribution >= 4 is 10.9 Å². The van der Waals surface area contributed by atoms with Gasteiger partial charge in [-0.05, 0) is 36.4 Å². The third kappa shape index (κ3) is 3.20. The predicted octanol–water partition coefficient (Wildman–Crippen LogP) is 4.80. The van der Waals surface area contributed by atoms with E-state index in [1.807, 2.05) is 24.3 Å². The molecule has 0 radical (unpaired) electrons. The Morgan fingerprint density at radius 1 is 0.609 bits per heavy atom. The minimum atomic E-state index is -0.243. The van der Waals surface area contributed by atoms with E-state index in [4.69, 9.17) is 9.47 Å². The topological polar surface area (TPSA) is 18.5 Å². The quantitative estimate of drug-likeness (QED) is 0.628. The Morgan fingerprint density at radius 2 is 1.17 bits per heavy atom. The van der Waals surface area contributed by atoms with Crippen molar-refractivity contribution in [3.8, 4) is 11.5 Å². The normalized spacial score (nSPS) is 10.6. The van der Waals surface area contributed by atoms with Gasteiger partial charge in [0.25, 0.3) is 0 Å². The van der Waals surface area contributed by atoms with Gasteiger partial charge in [-0.2, -0.15) is 0 Å². The summed E-state index contributed by atoms with van der Waals surface area (Å²) in [7, 11) is 3.12. The third-order valence-electron chi connectivity index (χ3n) is 3.54. The smallest absolute Gasteiger partial charge is 0.217 e. The van der Waals surface area contributed by atoms with E-state index in [9.17, 15) is 0 Å². The van der Waals surface area contributed by atoms with Crippen molar-refractivity contribution in [3.63, 3.8) is 0 Å². The van der Waals surface area contributed by atoms with Gasteiger partial charge in [-0.15, -0.1) is 0 Å². The number of ether oxygens (including phenoxy) is 2. The van der Waals surface area contributed by atoms with E-state index in [0.29, 0.717) is 0 Å². The van der Waals surface area contributed by atoms with Gasteiger partial charge >= 0.3 is 0 Å². The molecule has 0 fully saturated rings. The molecule has 0 aliphatic rings. The van der Waals surface area contributed by atoms with Crippen LogP contribution in [0.4, 0.5) is 0 Å². The molecule has 3 heteroatoms. The molecule has 0 bridgehead atoms. The Hall–Kier alpha value is -2.39. The van der Waals surface area contributed by atoms with Gasteiger partial charge in [-0.25, -0.2) is 0 Å². The highest BCUT2D eigenvalue weighted by Gasteiger charge is 2.33. The Kier molecular flexibility index (Phi) is 4.89. The molecule has 3 aromatic rings. The van der Waals surface area contributed by atoms with E-state index in [0.717, 1.165) is 16.4 Å². The van der Waals surface area contributed by atoms with Crippen molar-refractivity contribution in [2.24, 2.45) is 0 Å². The van der Waals surface area contributed by atoms with Crippen molar-refractivity contribution in [2.45, 2.75) is 14.7 Å². The van der Waals surface area contributed by atoms with Crippen LogP contribution in [0.2, 0.25) is 0 Å². The summed E-state index contributed by atoms with van der Waals surface area (Å²) in [6, 6.07) is 27.1. The van der Waals surface area contributed by atoms with Crippen LogP contribution in [0.1, 0.15) is 0 Å². The van der Waals surface area contributed by atoms with Gasteiger partial charge in [0, 0.05) is 0 Å². The maximum absolute atomic E-state index is 5.67. The van der Waals surface area contributed by atoms with Crippen LogP contribution in [0, 0.1) is 0 Å². The molecular formula is C20H19O2S+. The lowest BCUT2D eigenvalue weighted by Crippen LogP contribution is -2.07. The Bertz CT molecular complexity index is 718. The standard InChI is InChI=1S/C20H19O2S/c1-21-18-14-9-15-19(20(18)22-2)23(16-10-5-3-6-11-16)17-12-7-4-8-13-17/h3-15H,1-2H3/q+1. The summed E-state index contributed by atoms with van der Waals surface area (Å²) < 4.78 is 11.2. The summed E-state index contributed by atoms with van der Waals surface area (Å²) in [4.78, 5) is 3.64. The molecule has 0 heterocycles. The third-order valence-corrected chi connectivity index (χ3v) is 5.79. The molecule has 3 aromatic carbocycles. The average Bonchev–Trinajstić information content (AvgIpc) is 2.63. The van der Waals surface area contributed by atoms with E-state index in [1.165, 1.54) is 9.79 Å². The van der Waals surface area contributed by atoms with Gasteiger partial charge < -0.3 is 9.47 Å². The van der Waals surface area contributed by atoms with Gasteiger partial charge in [-0.1, -0.05) is 42.5 Å². The zero-order chi connectivity index (χ0) is 16.1.